The van der Waals surface area contributed by atoms with Crippen LogP contribution in [0.5, 0.6) is 0 Å². The Bertz CT molecular complexity index is 480. The molecule has 2 saturated heterocycles. The zero-order valence-electron chi connectivity index (χ0n) is 13.7. The van der Waals surface area contributed by atoms with Gasteiger partial charge in [-0.3, -0.25) is 4.90 Å². The molecular formula is C18H27N3O2. The molecule has 1 N–H and O–H groups in total. The maximum atomic E-state index is 12.2. The number of carbonyl (C=O) groups excluding carboxylic acids is 1. The number of amides is 2. The molecule has 1 atom stereocenters. The molecule has 2 fully saturated rings. The van der Waals surface area contributed by atoms with Crippen LogP contribution in [0.4, 0.5) is 4.79 Å². The Morgan fingerprint density at radius 3 is 2.65 bits per heavy atom. The summed E-state index contributed by atoms with van der Waals surface area (Å²) in [6, 6.07) is 10.6. The number of benzene rings is 1. The van der Waals surface area contributed by atoms with Crippen LogP contribution in [0.3, 0.4) is 0 Å². The molecule has 5 heteroatoms. The van der Waals surface area contributed by atoms with E-state index in [-0.39, 0.29) is 12.1 Å². The van der Waals surface area contributed by atoms with Crippen molar-refractivity contribution in [3.63, 3.8) is 0 Å². The summed E-state index contributed by atoms with van der Waals surface area (Å²) < 4.78 is 5.54. The lowest BCUT2D eigenvalue weighted by molar-refractivity contribution is 0.104. The van der Waals surface area contributed by atoms with Gasteiger partial charge in [-0.05, 0) is 24.8 Å². The van der Waals surface area contributed by atoms with E-state index < -0.39 is 0 Å². The van der Waals surface area contributed by atoms with Gasteiger partial charge in [-0.25, -0.2) is 4.79 Å². The Morgan fingerprint density at radius 1 is 1.17 bits per heavy atom. The van der Waals surface area contributed by atoms with Gasteiger partial charge < -0.3 is 15.0 Å². The average molecular weight is 317 g/mol. The Balaban J connectivity index is 1.33. The topological polar surface area (TPSA) is 44.8 Å². The zero-order chi connectivity index (χ0) is 15.9. The Labute approximate surface area is 138 Å². The summed E-state index contributed by atoms with van der Waals surface area (Å²) in [6.45, 7) is 6.09. The first-order chi connectivity index (χ1) is 11.3. The molecule has 1 aromatic carbocycles. The largest absolute Gasteiger partial charge is 0.376 e. The molecule has 3 rings (SSSR count). The Hall–Kier alpha value is -1.59. The number of carbonyl (C=O) groups is 1. The molecule has 2 aliphatic heterocycles. The van der Waals surface area contributed by atoms with Gasteiger partial charge in [0.05, 0.1) is 6.10 Å². The fraction of sp³-hybridized carbons (Fsp3) is 0.611. The fourth-order valence-corrected chi connectivity index (χ4v) is 3.22. The maximum Gasteiger partial charge on any atom is 0.317 e. The van der Waals surface area contributed by atoms with Crippen molar-refractivity contribution in [2.24, 2.45) is 0 Å². The van der Waals surface area contributed by atoms with Gasteiger partial charge in [0.15, 0.2) is 0 Å². The van der Waals surface area contributed by atoms with E-state index in [0.29, 0.717) is 6.54 Å². The highest BCUT2D eigenvalue weighted by Gasteiger charge is 2.22. The summed E-state index contributed by atoms with van der Waals surface area (Å²) in [5, 5.41) is 3.01. The average Bonchev–Trinajstić information content (AvgIpc) is 3.13. The predicted molar refractivity (Wildman–Crippen MR) is 90.5 cm³/mol. The summed E-state index contributed by atoms with van der Waals surface area (Å²) in [4.78, 5) is 16.5. The van der Waals surface area contributed by atoms with Gasteiger partial charge >= 0.3 is 6.03 Å². The van der Waals surface area contributed by atoms with Crippen molar-refractivity contribution >= 4 is 6.03 Å². The number of nitrogens with one attached hydrogen (secondary N) is 1. The first kappa shape index (κ1) is 16.3. The molecule has 5 nitrogen and oxygen atoms in total. The van der Waals surface area contributed by atoms with Crippen molar-refractivity contribution in [3.8, 4) is 0 Å². The monoisotopic (exact) mass is 317 g/mol. The second-order valence-corrected chi connectivity index (χ2v) is 6.39. The molecule has 0 aliphatic carbocycles. The van der Waals surface area contributed by atoms with Gasteiger partial charge in [0.1, 0.15) is 0 Å². The lowest BCUT2D eigenvalue weighted by Crippen LogP contribution is -2.52. The number of hydrogen-bond acceptors (Lipinski definition) is 3. The van der Waals surface area contributed by atoms with Gasteiger partial charge in [0.25, 0.3) is 0 Å². The van der Waals surface area contributed by atoms with Crippen LogP contribution in [-0.4, -0.2) is 67.8 Å². The van der Waals surface area contributed by atoms with E-state index >= 15 is 0 Å². The van der Waals surface area contributed by atoms with Gasteiger partial charge in [-0.1, -0.05) is 30.3 Å². The number of urea groups is 1. The van der Waals surface area contributed by atoms with Gasteiger partial charge in [-0.15, -0.1) is 0 Å². The highest BCUT2D eigenvalue weighted by Crippen LogP contribution is 2.11. The SMILES string of the molecule is O=C(NCC1CCCO1)N1CCN(CCc2ccccc2)CC1. The third kappa shape index (κ3) is 4.94. The van der Waals surface area contributed by atoms with E-state index in [1.165, 1.54) is 5.56 Å². The van der Waals surface area contributed by atoms with Crippen LogP contribution in [0.25, 0.3) is 0 Å². The fourth-order valence-electron chi connectivity index (χ4n) is 3.22. The summed E-state index contributed by atoms with van der Waals surface area (Å²) in [6.07, 6.45) is 3.46. The zero-order valence-corrected chi connectivity index (χ0v) is 13.7. The van der Waals surface area contributed by atoms with E-state index in [0.717, 1.165) is 58.6 Å². The molecule has 23 heavy (non-hydrogen) atoms. The molecule has 126 valence electrons. The molecule has 0 aromatic heterocycles. The van der Waals surface area contributed by atoms with Gasteiger partial charge in [0, 0.05) is 45.9 Å². The van der Waals surface area contributed by atoms with E-state index in [9.17, 15) is 4.79 Å². The predicted octanol–water partition coefficient (Wildman–Crippen LogP) is 1.74. The number of piperazine rings is 1. The quantitative estimate of drug-likeness (QED) is 0.900. The first-order valence-electron chi connectivity index (χ1n) is 8.72. The maximum absolute atomic E-state index is 12.2. The third-order valence-electron chi connectivity index (χ3n) is 4.72. The highest BCUT2D eigenvalue weighted by atomic mass is 16.5. The van der Waals surface area contributed by atoms with E-state index in [1.807, 2.05) is 4.90 Å². The molecule has 2 aliphatic rings. The molecule has 0 radical (unpaired) electrons. The van der Waals surface area contributed by atoms with Crippen molar-refractivity contribution in [1.82, 2.24) is 15.1 Å². The van der Waals surface area contributed by atoms with E-state index in [2.05, 4.69) is 40.5 Å². The normalized spacial score (nSPS) is 22.3. The molecule has 1 unspecified atom stereocenters. The van der Waals surface area contributed by atoms with Gasteiger partial charge in [0.2, 0.25) is 0 Å². The number of nitrogens with zero attached hydrogens (tertiary/aromatic N) is 2. The van der Waals surface area contributed by atoms with Crippen molar-refractivity contribution < 1.29 is 9.53 Å². The summed E-state index contributed by atoms with van der Waals surface area (Å²) in [7, 11) is 0. The molecular weight excluding hydrogens is 290 g/mol. The number of ether oxygens (including phenoxy) is 1. The minimum absolute atomic E-state index is 0.0585. The highest BCUT2D eigenvalue weighted by molar-refractivity contribution is 5.74. The molecule has 0 bridgehead atoms. The standard InChI is InChI=1S/C18H27N3O2/c22-18(19-15-17-7-4-14-23-17)21-12-10-20(11-13-21)9-8-16-5-2-1-3-6-16/h1-3,5-6,17H,4,7-15H2,(H,19,22). The Morgan fingerprint density at radius 2 is 1.96 bits per heavy atom. The summed E-state index contributed by atoms with van der Waals surface area (Å²) in [5.41, 5.74) is 1.38. The summed E-state index contributed by atoms with van der Waals surface area (Å²) >= 11 is 0. The van der Waals surface area contributed by atoms with Crippen LogP contribution in [0.2, 0.25) is 0 Å². The van der Waals surface area contributed by atoms with E-state index in [1.54, 1.807) is 0 Å². The van der Waals surface area contributed by atoms with Crippen molar-refractivity contribution in [2.45, 2.75) is 25.4 Å². The lowest BCUT2D eigenvalue weighted by atomic mass is 10.1. The van der Waals surface area contributed by atoms with Crippen LogP contribution in [-0.2, 0) is 11.2 Å². The van der Waals surface area contributed by atoms with Crippen LogP contribution in [0.1, 0.15) is 18.4 Å². The summed E-state index contributed by atoms with van der Waals surface area (Å²) in [5.74, 6) is 0. The van der Waals surface area contributed by atoms with Crippen LogP contribution in [0, 0.1) is 0 Å². The second-order valence-electron chi connectivity index (χ2n) is 6.39. The number of hydrogen-bond donors (Lipinski definition) is 1. The molecule has 1 aromatic rings. The minimum atomic E-state index is 0.0585. The second kappa shape index (κ2) is 8.31. The molecule has 2 amide bonds. The smallest absolute Gasteiger partial charge is 0.317 e. The molecule has 0 saturated carbocycles. The minimum Gasteiger partial charge on any atom is -0.376 e. The van der Waals surface area contributed by atoms with Crippen molar-refractivity contribution in [3.05, 3.63) is 35.9 Å². The van der Waals surface area contributed by atoms with Crippen molar-refractivity contribution in [1.29, 1.82) is 0 Å². The van der Waals surface area contributed by atoms with Gasteiger partial charge in [-0.2, -0.15) is 0 Å². The first-order valence-corrected chi connectivity index (χ1v) is 8.72. The van der Waals surface area contributed by atoms with Crippen LogP contribution in [0.15, 0.2) is 30.3 Å². The van der Waals surface area contributed by atoms with Crippen molar-refractivity contribution in [2.75, 3.05) is 45.9 Å². The third-order valence-corrected chi connectivity index (χ3v) is 4.72. The molecule has 2 heterocycles. The number of rotatable bonds is 5. The van der Waals surface area contributed by atoms with E-state index in [4.69, 9.17) is 4.74 Å². The lowest BCUT2D eigenvalue weighted by Gasteiger charge is -2.34. The van der Waals surface area contributed by atoms with Crippen LogP contribution < -0.4 is 5.32 Å². The van der Waals surface area contributed by atoms with Crippen LogP contribution >= 0.6 is 0 Å². The molecule has 0 spiro atoms. The Kier molecular flexibility index (Phi) is 5.88.